The van der Waals surface area contributed by atoms with Gasteiger partial charge in [0, 0.05) is 11.6 Å². The Bertz CT molecular complexity index is 862. The van der Waals surface area contributed by atoms with Gasteiger partial charge in [-0.15, -0.1) is 17.8 Å². The summed E-state index contributed by atoms with van der Waals surface area (Å²) >= 11 is 1.34. The van der Waals surface area contributed by atoms with Crippen LogP contribution in [-0.2, 0) is 0 Å². The van der Waals surface area contributed by atoms with Gasteiger partial charge in [0.05, 0.1) is 21.5 Å². The van der Waals surface area contributed by atoms with Crippen molar-refractivity contribution in [1.29, 1.82) is 0 Å². The topological polar surface area (TPSA) is 38.9 Å². The molecule has 3 aromatic rings. The van der Waals surface area contributed by atoms with Gasteiger partial charge in [-0.2, -0.15) is 0 Å². The lowest BCUT2D eigenvalue weighted by Gasteiger charge is -2.03. The van der Waals surface area contributed by atoms with Crippen LogP contribution < -0.4 is 5.73 Å². The molecule has 0 bridgehead atoms. The van der Waals surface area contributed by atoms with Crippen LogP contribution in [0.3, 0.4) is 0 Å². The van der Waals surface area contributed by atoms with E-state index in [1.54, 1.807) is 12.1 Å². The van der Waals surface area contributed by atoms with E-state index in [0.29, 0.717) is 16.1 Å². The first-order chi connectivity index (χ1) is 9.58. The van der Waals surface area contributed by atoms with E-state index in [9.17, 15) is 8.78 Å². The van der Waals surface area contributed by atoms with Crippen molar-refractivity contribution in [3.05, 3.63) is 47.5 Å². The lowest BCUT2D eigenvalue weighted by atomic mass is 10.1. The fourth-order valence-electron chi connectivity index (χ4n) is 1.88. The normalized spacial score (nSPS) is 10.7. The minimum absolute atomic E-state index is 0.0524. The highest BCUT2D eigenvalue weighted by Crippen LogP contribution is 2.32. The van der Waals surface area contributed by atoms with Gasteiger partial charge in [0.15, 0.2) is 0 Å². The third-order valence-corrected chi connectivity index (χ3v) is 3.97. The third-order valence-electron chi connectivity index (χ3n) is 2.88. The maximum absolute atomic E-state index is 13.7. The number of nitrogens with two attached hydrogens (primary N) is 1. The summed E-state index contributed by atoms with van der Waals surface area (Å²) in [5, 5.41) is 0.570. The summed E-state index contributed by atoms with van der Waals surface area (Å²) in [5.74, 6) is 1.40. The number of halogens is 2. The number of terminal acetylenes is 1. The van der Waals surface area contributed by atoms with Gasteiger partial charge in [-0.05, 0) is 24.3 Å². The van der Waals surface area contributed by atoms with E-state index in [1.807, 2.05) is 0 Å². The largest absolute Gasteiger partial charge is 0.395 e. The number of fused-ring (bicyclic) bond motifs is 1. The first-order valence-corrected chi connectivity index (χ1v) is 6.52. The van der Waals surface area contributed by atoms with E-state index in [-0.39, 0.29) is 17.1 Å². The molecule has 1 aromatic heterocycles. The summed E-state index contributed by atoms with van der Waals surface area (Å²) in [6, 6.07) is 7.23. The smallest absolute Gasteiger partial charge is 0.148 e. The highest BCUT2D eigenvalue weighted by Gasteiger charge is 2.12. The van der Waals surface area contributed by atoms with Crippen LogP contribution in [0.1, 0.15) is 5.56 Å². The quantitative estimate of drug-likeness (QED) is 0.546. The summed E-state index contributed by atoms with van der Waals surface area (Å²) in [7, 11) is 0. The average molecular weight is 286 g/mol. The highest BCUT2D eigenvalue weighted by molar-refractivity contribution is 7.21. The number of hydrogen-bond donors (Lipinski definition) is 1. The predicted molar refractivity (Wildman–Crippen MR) is 77.3 cm³/mol. The number of rotatable bonds is 1. The Labute approximate surface area is 117 Å². The monoisotopic (exact) mass is 286 g/mol. The molecular formula is C15H8F2N2S. The van der Waals surface area contributed by atoms with E-state index >= 15 is 0 Å². The Balaban J connectivity index is 2.20. The SMILES string of the molecule is C#Cc1cc(-c2nc3cc(F)ccc3s2)cc(F)c1N. The summed E-state index contributed by atoms with van der Waals surface area (Å²) in [5.41, 5.74) is 6.85. The molecule has 0 radical (unpaired) electrons. The second-order valence-electron chi connectivity index (χ2n) is 4.19. The molecule has 0 saturated heterocycles. The molecule has 0 saturated carbocycles. The Morgan fingerprint density at radius 1 is 1.20 bits per heavy atom. The Morgan fingerprint density at radius 2 is 2.00 bits per heavy atom. The maximum atomic E-state index is 13.7. The molecule has 98 valence electrons. The van der Waals surface area contributed by atoms with E-state index in [0.717, 1.165) is 4.70 Å². The Kier molecular flexibility index (Phi) is 2.88. The minimum atomic E-state index is -0.583. The van der Waals surface area contributed by atoms with Crippen LogP contribution in [0.5, 0.6) is 0 Å². The lowest BCUT2D eigenvalue weighted by Crippen LogP contribution is -1.95. The van der Waals surface area contributed by atoms with E-state index in [4.69, 9.17) is 12.2 Å². The van der Waals surface area contributed by atoms with Crippen molar-refractivity contribution in [2.75, 3.05) is 5.73 Å². The number of nitrogens with zero attached hydrogens (tertiary/aromatic N) is 1. The molecule has 3 rings (SSSR count). The van der Waals surface area contributed by atoms with Crippen molar-refractivity contribution in [2.24, 2.45) is 0 Å². The molecule has 0 unspecified atom stereocenters. The van der Waals surface area contributed by atoms with Crippen molar-refractivity contribution in [3.63, 3.8) is 0 Å². The highest BCUT2D eigenvalue weighted by atomic mass is 32.1. The number of thiazole rings is 1. The maximum Gasteiger partial charge on any atom is 0.148 e. The predicted octanol–water partition coefficient (Wildman–Crippen LogP) is 3.81. The van der Waals surface area contributed by atoms with Crippen LogP contribution >= 0.6 is 11.3 Å². The second-order valence-corrected chi connectivity index (χ2v) is 5.23. The van der Waals surface area contributed by atoms with Gasteiger partial charge in [-0.1, -0.05) is 5.92 Å². The van der Waals surface area contributed by atoms with Crippen molar-refractivity contribution in [3.8, 4) is 22.9 Å². The first kappa shape index (κ1) is 12.6. The molecule has 5 heteroatoms. The number of hydrogen-bond acceptors (Lipinski definition) is 3. The van der Waals surface area contributed by atoms with Gasteiger partial charge >= 0.3 is 0 Å². The van der Waals surface area contributed by atoms with Crippen LogP contribution in [-0.4, -0.2) is 4.98 Å². The molecule has 0 fully saturated rings. The molecule has 0 aliphatic rings. The van der Waals surface area contributed by atoms with Gasteiger partial charge in [0.25, 0.3) is 0 Å². The first-order valence-electron chi connectivity index (χ1n) is 5.70. The van der Waals surface area contributed by atoms with Gasteiger partial charge in [-0.25, -0.2) is 13.8 Å². The molecule has 0 atom stereocenters. The number of aromatic nitrogens is 1. The van der Waals surface area contributed by atoms with E-state index in [2.05, 4.69) is 10.9 Å². The fraction of sp³-hybridized carbons (Fsp3) is 0. The summed E-state index contributed by atoms with van der Waals surface area (Å²) in [4.78, 5) is 4.29. The van der Waals surface area contributed by atoms with Gasteiger partial charge in [-0.3, -0.25) is 0 Å². The molecule has 0 spiro atoms. The zero-order valence-electron chi connectivity index (χ0n) is 10.2. The molecule has 2 aromatic carbocycles. The van der Waals surface area contributed by atoms with Crippen LogP contribution in [0.25, 0.3) is 20.8 Å². The van der Waals surface area contributed by atoms with Crippen LogP contribution in [0, 0.1) is 24.0 Å². The minimum Gasteiger partial charge on any atom is -0.395 e. The second kappa shape index (κ2) is 4.58. The Morgan fingerprint density at radius 3 is 2.75 bits per heavy atom. The summed E-state index contributed by atoms with van der Waals surface area (Å²) in [6.07, 6.45) is 5.30. The van der Waals surface area contributed by atoms with Gasteiger partial charge in [0.2, 0.25) is 0 Å². The fourth-order valence-corrected chi connectivity index (χ4v) is 2.82. The molecule has 1 heterocycles. The number of benzene rings is 2. The van der Waals surface area contributed by atoms with Crippen LogP contribution in [0.15, 0.2) is 30.3 Å². The van der Waals surface area contributed by atoms with Crippen molar-refractivity contribution < 1.29 is 8.78 Å². The van der Waals surface area contributed by atoms with Gasteiger partial charge < -0.3 is 5.73 Å². The van der Waals surface area contributed by atoms with Crippen molar-refractivity contribution in [2.45, 2.75) is 0 Å². The van der Waals surface area contributed by atoms with Crippen LogP contribution in [0.4, 0.5) is 14.5 Å². The standard InChI is InChI=1S/C15H8F2N2S/c1-2-8-5-9(6-11(17)14(8)18)15-19-12-7-10(16)3-4-13(12)20-15/h1,3-7H,18H2. The summed E-state index contributed by atoms with van der Waals surface area (Å²) in [6.45, 7) is 0. The molecule has 0 aliphatic heterocycles. The molecule has 2 N–H and O–H groups in total. The zero-order valence-corrected chi connectivity index (χ0v) is 11.0. The summed E-state index contributed by atoms with van der Waals surface area (Å²) < 4.78 is 27.7. The van der Waals surface area contributed by atoms with Crippen LogP contribution in [0.2, 0.25) is 0 Å². The third kappa shape index (κ3) is 2.00. The number of anilines is 1. The lowest BCUT2D eigenvalue weighted by molar-refractivity contribution is 0.629. The van der Waals surface area contributed by atoms with Crippen molar-refractivity contribution in [1.82, 2.24) is 4.98 Å². The molecule has 2 nitrogen and oxygen atoms in total. The molecular weight excluding hydrogens is 278 g/mol. The number of nitrogen functional groups attached to an aromatic ring is 1. The average Bonchev–Trinajstić information content (AvgIpc) is 2.84. The van der Waals surface area contributed by atoms with Crippen molar-refractivity contribution >= 4 is 27.2 Å². The van der Waals surface area contributed by atoms with E-state index in [1.165, 1.54) is 29.5 Å². The molecule has 0 aliphatic carbocycles. The Hall–Kier alpha value is -2.45. The zero-order chi connectivity index (χ0) is 14.3. The molecule has 0 amide bonds. The van der Waals surface area contributed by atoms with Gasteiger partial charge in [0.1, 0.15) is 16.6 Å². The molecule has 20 heavy (non-hydrogen) atoms. The van der Waals surface area contributed by atoms with E-state index < -0.39 is 5.82 Å².